The quantitative estimate of drug-likeness (QED) is 0.239. The van der Waals surface area contributed by atoms with Crippen molar-refractivity contribution in [3.63, 3.8) is 0 Å². The standard InChI is InChI=1S/C10H21NO7/c1-2-5(3-12)11-10(18)9(17)8(16)7(15)6(14)4-13/h5-9,12-17H,2-4H2,1H3,(H,11,18)/t5-,6+,7+,8+,9-/m0/s1. The molecule has 1 amide bonds. The average molecular weight is 267 g/mol. The van der Waals surface area contributed by atoms with E-state index in [0.29, 0.717) is 6.42 Å². The van der Waals surface area contributed by atoms with Gasteiger partial charge in [0, 0.05) is 0 Å². The lowest BCUT2D eigenvalue weighted by atomic mass is 10.0. The Kier molecular flexibility index (Phi) is 8.00. The Morgan fingerprint density at radius 2 is 1.61 bits per heavy atom. The van der Waals surface area contributed by atoms with Gasteiger partial charge in [0.05, 0.1) is 19.3 Å². The van der Waals surface area contributed by atoms with Crippen molar-refractivity contribution in [2.24, 2.45) is 0 Å². The molecule has 8 nitrogen and oxygen atoms in total. The van der Waals surface area contributed by atoms with Crippen LogP contribution in [0, 0.1) is 0 Å². The van der Waals surface area contributed by atoms with Gasteiger partial charge in [-0.1, -0.05) is 6.92 Å². The molecule has 0 bridgehead atoms. The van der Waals surface area contributed by atoms with Gasteiger partial charge in [0.15, 0.2) is 6.10 Å². The first-order valence-electron chi connectivity index (χ1n) is 5.63. The summed E-state index contributed by atoms with van der Waals surface area (Å²) in [6.45, 7) is 0.558. The van der Waals surface area contributed by atoms with Crippen molar-refractivity contribution in [2.75, 3.05) is 13.2 Å². The number of carbonyl (C=O) groups excluding carboxylic acids is 1. The molecule has 0 aliphatic heterocycles. The minimum Gasteiger partial charge on any atom is -0.394 e. The van der Waals surface area contributed by atoms with E-state index < -0.39 is 43.0 Å². The number of aliphatic hydroxyl groups is 6. The van der Waals surface area contributed by atoms with E-state index in [2.05, 4.69) is 5.32 Å². The molecule has 0 aliphatic carbocycles. The molecule has 0 fully saturated rings. The van der Waals surface area contributed by atoms with Crippen LogP contribution >= 0.6 is 0 Å². The zero-order valence-electron chi connectivity index (χ0n) is 10.1. The summed E-state index contributed by atoms with van der Waals surface area (Å²) in [5.41, 5.74) is 0. The third-order valence-electron chi connectivity index (χ3n) is 2.58. The number of hydrogen-bond acceptors (Lipinski definition) is 7. The molecular formula is C10H21NO7. The first-order chi connectivity index (χ1) is 8.38. The van der Waals surface area contributed by atoms with Crippen molar-refractivity contribution in [2.45, 2.75) is 43.8 Å². The summed E-state index contributed by atoms with van der Waals surface area (Å²) in [5.74, 6) is -0.979. The monoisotopic (exact) mass is 267 g/mol. The van der Waals surface area contributed by atoms with Crippen LogP contribution in [0.1, 0.15) is 13.3 Å². The fourth-order valence-electron chi connectivity index (χ4n) is 1.24. The summed E-state index contributed by atoms with van der Waals surface area (Å²) in [6.07, 6.45) is -7.01. The molecule has 0 saturated carbocycles. The summed E-state index contributed by atoms with van der Waals surface area (Å²) < 4.78 is 0. The molecule has 0 rings (SSSR count). The zero-order chi connectivity index (χ0) is 14.3. The van der Waals surface area contributed by atoms with Crippen molar-refractivity contribution < 1.29 is 35.4 Å². The first kappa shape index (κ1) is 17.2. The van der Waals surface area contributed by atoms with Crippen LogP contribution in [0.15, 0.2) is 0 Å². The lowest BCUT2D eigenvalue weighted by molar-refractivity contribution is -0.149. The van der Waals surface area contributed by atoms with Crippen molar-refractivity contribution >= 4 is 5.91 Å². The average Bonchev–Trinajstić information content (AvgIpc) is 2.40. The van der Waals surface area contributed by atoms with Gasteiger partial charge in [0.25, 0.3) is 5.91 Å². The molecule has 8 heteroatoms. The summed E-state index contributed by atoms with van der Waals surface area (Å²) in [7, 11) is 0. The van der Waals surface area contributed by atoms with Crippen molar-refractivity contribution in [1.29, 1.82) is 0 Å². The van der Waals surface area contributed by atoms with Crippen LogP contribution in [-0.2, 0) is 4.79 Å². The number of aliphatic hydroxyl groups excluding tert-OH is 6. The van der Waals surface area contributed by atoms with Crippen molar-refractivity contribution in [3.8, 4) is 0 Å². The van der Waals surface area contributed by atoms with Crippen LogP contribution in [0.5, 0.6) is 0 Å². The Labute approximate surface area is 105 Å². The third kappa shape index (κ3) is 4.84. The number of hydrogen-bond donors (Lipinski definition) is 7. The summed E-state index contributed by atoms with van der Waals surface area (Å²) in [6, 6.07) is -0.570. The SMILES string of the molecule is CC[C@@H](CO)NC(=O)[C@@H](O)[C@H](O)[C@H](O)[C@H](O)CO. The van der Waals surface area contributed by atoms with Gasteiger partial charge in [-0.3, -0.25) is 4.79 Å². The van der Waals surface area contributed by atoms with E-state index in [1.807, 2.05) is 0 Å². The van der Waals surface area contributed by atoms with Gasteiger partial charge in [-0.25, -0.2) is 0 Å². The predicted molar refractivity (Wildman–Crippen MR) is 60.4 cm³/mol. The Bertz CT molecular complexity index is 246. The van der Waals surface area contributed by atoms with E-state index >= 15 is 0 Å². The molecule has 18 heavy (non-hydrogen) atoms. The van der Waals surface area contributed by atoms with Gasteiger partial charge in [-0.2, -0.15) is 0 Å². The molecule has 0 aromatic rings. The van der Waals surface area contributed by atoms with Crippen molar-refractivity contribution in [1.82, 2.24) is 5.32 Å². The van der Waals surface area contributed by atoms with Crippen molar-refractivity contribution in [3.05, 3.63) is 0 Å². The molecule has 0 saturated heterocycles. The molecule has 0 unspecified atom stereocenters. The maximum Gasteiger partial charge on any atom is 0.251 e. The zero-order valence-corrected chi connectivity index (χ0v) is 10.1. The van der Waals surface area contributed by atoms with Gasteiger partial charge < -0.3 is 36.0 Å². The first-order valence-corrected chi connectivity index (χ1v) is 5.63. The van der Waals surface area contributed by atoms with E-state index in [4.69, 9.17) is 15.3 Å². The number of rotatable bonds is 8. The molecule has 0 aliphatic rings. The number of carbonyl (C=O) groups is 1. The maximum absolute atomic E-state index is 11.4. The lowest BCUT2D eigenvalue weighted by Crippen LogP contribution is -2.53. The van der Waals surface area contributed by atoms with E-state index in [1.165, 1.54) is 0 Å². The Morgan fingerprint density at radius 3 is 2.00 bits per heavy atom. The molecule has 0 radical (unpaired) electrons. The molecule has 7 N–H and O–H groups in total. The minimum absolute atomic E-state index is 0.327. The molecule has 0 spiro atoms. The van der Waals surface area contributed by atoms with Gasteiger partial charge in [0.1, 0.15) is 18.3 Å². The topological polar surface area (TPSA) is 150 Å². The normalized spacial score (nSPS) is 19.7. The Hall–Kier alpha value is -0.770. The van der Waals surface area contributed by atoms with Crippen LogP contribution in [0.3, 0.4) is 0 Å². The fraction of sp³-hybridized carbons (Fsp3) is 0.900. The van der Waals surface area contributed by atoms with Gasteiger partial charge in [-0.05, 0) is 6.42 Å². The molecular weight excluding hydrogens is 246 g/mol. The largest absolute Gasteiger partial charge is 0.394 e. The van der Waals surface area contributed by atoms with Gasteiger partial charge in [-0.15, -0.1) is 0 Å². The Balaban J connectivity index is 4.44. The molecule has 0 heterocycles. The lowest BCUT2D eigenvalue weighted by Gasteiger charge is -2.26. The highest BCUT2D eigenvalue weighted by Gasteiger charge is 2.34. The van der Waals surface area contributed by atoms with E-state index in [1.54, 1.807) is 6.92 Å². The Morgan fingerprint density at radius 1 is 1.06 bits per heavy atom. The van der Waals surface area contributed by atoms with Crippen LogP contribution < -0.4 is 5.32 Å². The number of amides is 1. The van der Waals surface area contributed by atoms with E-state index in [9.17, 15) is 20.1 Å². The highest BCUT2D eigenvalue weighted by molar-refractivity contribution is 5.81. The van der Waals surface area contributed by atoms with E-state index in [-0.39, 0.29) is 6.61 Å². The highest BCUT2D eigenvalue weighted by Crippen LogP contribution is 2.06. The van der Waals surface area contributed by atoms with E-state index in [0.717, 1.165) is 0 Å². The van der Waals surface area contributed by atoms with Crippen LogP contribution in [-0.4, -0.2) is 80.2 Å². The summed E-state index contributed by atoms with van der Waals surface area (Å²) >= 11 is 0. The summed E-state index contributed by atoms with van der Waals surface area (Å²) in [4.78, 5) is 11.4. The smallest absolute Gasteiger partial charge is 0.251 e. The third-order valence-corrected chi connectivity index (χ3v) is 2.58. The van der Waals surface area contributed by atoms with Crippen LogP contribution in [0.25, 0.3) is 0 Å². The second-order valence-corrected chi connectivity index (χ2v) is 3.97. The molecule has 5 atom stereocenters. The molecule has 0 aromatic carbocycles. The van der Waals surface area contributed by atoms with Crippen LogP contribution in [0.4, 0.5) is 0 Å². The van der Waals surface area contributed by atoms with Gasteiger partial charge >= 0.3 is 0 Å². The maximum atomic E-state index is 11.4. The minimum atomic E-state index is -1.97. The highest BCUT2D eigenvalue weighted by atomic mass is 16.4. The second-order valence-electron chi connectivity index (χ2n) is 3.97. The molecule has 0 aromatic heterocycles. The molecule has 108 valence electrons. The predicted octanol–water partition coefficient (Wildman–Crippen LogP) is -3.69. The van der Waals surface area contributed by atoms with Crippen LogP contribution in [0.2, 0.25) is 0 Å². The summed E-state index contributed by atoms with van der Waals surface area (Å²) in [5, 5.41) is 56.9. The van der Waals surface area contributed by atoms with Gasteiger partial charge in [0.2, 0.25) is 0 Å². The second kappa shape index (κ2) is 8.35. The number of nitrogens with one attached hydrogen (secondary N) is 1. The fourth-order valence-corrected chi connectivity index (χ4v) is 1.24.